The number of aromatic nitrogens is 1. The quantitative estimate of drug-likeness (QED) is 0.741. The Hall–Kier alpha value is -2.66. The summed E-state index contributed by atoms with van der Waals surface area (Å²) in [4.78, 5) is 27.2. The van der Waals surface area contributed by atoms with E-state index in [0.717, 1.165) is 5.69 Å². The molecule has 2 aromatic heterocycles. The molecule has 3 aromatic rings. The van der Waals surface area contributed by atoms with Gasteiger partial charge in [-0.2, -0.15) is 0 Å². The fourth-order valence-electron chi connectivity index (χ4n) is 2.32. The van der Waals surface area contributed by atoms with Crippen LogP contribution in [0.3, 0.4) is 0 Å². The van der Waals surface area contributed by atoms with E-state index in [9.17, 15) is 9.59 Å². The lowest BCUT2D eigenvalue weighted by atomic mass is 10.1. The maximum atomic E-state index is 12.4. The molecule has 0 saturated heterocycles. The molecule has 5 nitrogen and oxygen atoms in total. The van der Waals surface area contributed by atoms with E-state index in [2.05, 4.69) is 4.98 Å². The van der Waals surface area contributed by atoms with Crippen LogP contribution in [0.5, 0.6) is 0 Å². The van der Waals surface area contributed by atoms with Crippen LogP contribution >= 0.6 is 12.4 Å². The van der Waals surface area contributed by atoms with Crippen molar-refractivity contribution in [3.8, 4) is 0 Å². The molecule has 0 atom stereocenters. The number of aliphatic carboxylic acids is 1. The Morgan fingerprint density at radius 2 is 1.96 bits per heavy atom. The van der Waals surface area contributed by atoms with Gasteiger partial charge in [0.1, 0.15) is 5.58 Å². The zero-order valence-electron chi connectivity index (χ0n) is 12.3. The lowest BCUT2D eigenvalue weighted by molar-refractivity contribution is -0.136. The highest BCUT2D eigenvalue weighted by Gasteiger charge is 2.15. The van der Waals surface area contributed by atoms with Gasteiger partial charge in [0, 0.05) is 22.8 Å². The van der Waals surface area contributed by atoms with Crippen molar-refractivity contribution < 1.29 is 19.1 Å². The van der Waals surface area contributed by atoms with Crippen molar-refractivity contribution in [3.63, 3.8) is 0 Å². The molecule has 0 radical (unpaired) electrons. The normalized spacial score (nSPS) is 10.3. The fourth-order valence-corrected chi connectivity index (χ4v) is 2.32. The van der Waals surface area contributed by atoms with Crippen molar-refractivity contribution in [2.45, 2.75) is 13.3 Å². The molecule has 0 spiro atoms. The molecule has 3 rings (SSSR count). The van der Waals surface area contributed by atoms with E-state index in [1.165, 1.54) is 0 Å². The number of carboxylic acids is 1. The number of halogens is 1. The number of aryl methyl sites for hydroxylation is 1. The molecule has 23 heavy (non-hydrogen) atoms. The lowest BCUT2D eigenvalue weighted by Gasteiger charge is -1.98. The topological polar surface area (TPSA) is 80.4 Å². The van der Waals surface area contributed by atoms with Crippen LogP contribution in [0.4, 0.5) is 0 Å². The molecule has 0 fully saturated rings. The third-order valence-electron chi connectivity index (χ3n) is 3.32. The van der Waals surface area contributed by atoms with Crippen LogP contribution in [-0.4, -0.2) is 21.8 Å². The van der Waals surface area contributed by atoms with E-state index in [1.807, 2.05) is 6.92 Å². The van der Waals surface area contributed by atoms with Crippen molar-refractivity contribution in [1.82, 2.24) is 4.98 Å². The summed E-state index contributed by atoms with van der Waals surface area (Å²) in [5, 5.41) is 9.54. The maximum absolute atomic E-state index is 12.4. The molecule has 0 unspecified atom stereocenters. The summed E-state index contributed by atoms with van der Waals surface area (Å²) >= 11 is 0. The molecule has 0 bridgehead atoms. The number of pyridine rings is 1. The van der Waals surface area contributed by atoms with Crippen LogP contribution in [0.25, 0.3) is 11.0 Å². The van der Waals surface area contributed by atoms with Gasteiger partial charge in [0.2, 0.25) is 5.78 Å². The highest BCUT2D eigenvalue weighted by Crippen LogP contribution is 2.23. The van der Waals surface area contributed by atoms with Gasteiger partial charge in [-0.25, -0.2) is 0 Å². The summed E-state index contributed by atoms with van der Waals surface area (Å²) in [6.07, 6.45) is 1.52. The van der Waals surface area contributed by atoms with Crippen LogP contribution in [0.15, 0.2) is 47.0 Å². The molecule has 1 aromatic carbocycles. The van der Waals surface area contributed by atoms with E-state index < -0.39 is 5.97 Å². The molecular weight excluding hydrogens is 318 g/mol. The largest absolute Gasteiger partial charge is 0.481 e. The number of carbonyl (C=O) groups excluding carboxylic acids is 1. The SMILES string of the molecule is Cc1cc(C(=O)c2cc3cc(CC(=O)O)ccc3o2)ccn1.Cl. The first-order chi connectivity index (χ1) is 10.5. The minimum atomic E-state index is -0.897. The van der Waals surface area contributed by atoms with Crippen molar-refractivity contribution in [1.29, 1.82) is 0 Å². The van der Waals surface area contributed by atoms with Gasteiger partial charge in [0.15, 0.2) is 5.76 Å². The summed E-state index contributed by atoms with van der Waals surface area (Å²) in [6, 6.07) is 10.1. The van der Waals surface area contributed by atoms with Crippen LogP contribution in [0.1, 0.15) is 27.4 Å². The van der Waals surface area contributed by atoms with Gasteiger partial charge in [-0.15, -0.1) is 12.4 Å². The first-order valence-corrected chi connectivity index (χ1v) is 6.74. The fraction of sp³-hybridized carbons (Fsp3) is 0.118. The van der Waals surface area contributed by atoms with Crippen LogP contribution in [0.2, 0.25) is 0 Å². The van der Waals surface area contributed by atoms with Crippen LogP contribution in [-0.2, 0) is 11.2 Å². The van der Waals surface area contributed by atoms with Crippen molar-refractivity contribution in [2.24, 2.45) is 0 Å². The molecule has 0 aliphatic rings. The van der Waals surface area contributed by atoms with Gasteiger partial charge in [-0.3, -0.25) is 14.6 Å². The zero-order valence-corrected chi connectivity index (χ0v) is 13.1. The third-order valence-corrected chi connectivity index (χ3v) is 3.32. The highest BCUT2D eigenvalue weighted by atomic mass is 35.5. The molecule has 0 aliphatic carbocycles. The number of benzene rings is 1. The van der Waals surface area contributed by atoms with Gasteiger partial charge in [0.05, 0.1) is 6.42 Å². The van der Waals surface area contributed by atoms with E-state index in [-0.39, 0.29) is 30.4 Å². The Morgan fingerprint density at radius 1 is 1.17 bits per heavy atom. The second-order valence-electron chi connectivity index (χ2n) is 5.07. The smallest absolute Gasteiger partial charge is 0.307 e. The average Bonchev–Trinajstić information content (AvgIpc) is 2.89. The van der Waals surface area contributed by atoms with Crippen molar-refractivity contribution in [2.75, 3.05) is 0 Å². The molecule has 6 heteroatoms. The minimum absolute atomic E-state index is 0. The number of hydrogen-bond donors (Lipinski definition) is 1. The van der Waals surface area contributed by atoms with Gasteiger partial charge < -0.3 is 9.52 Å². The molecule has 0 saturated carbocycles. The highest BCUT2D eigenvalue weighted by molar-refractivity contribution is 6.09. The number of rotatable bonds is 4. The lowest BCUT2D eigenvalue weighted by Crippen LogP contribution is -2.00. The number of ketones is 1. The summed E-state index contributed by atoms with van der Waals surface area (Å²) in [7, 11) is 0. The van der Waals surface area contributed by atoms with E-state index in [1.54, 1.807) is 42.6 Å². The summed E-state index contributed by atoms with van der Waals surface area (Å²) in [5.74, 6) is -0.888. The summed E-state index contributed by atoms with van der Waals surface area (Å²) < 4.78 is 5.57. The number of fused-ring (bicyclic) bond motifs is 1. The molecule has 1 N–H and O–H groups in total. The predicted octanol–water partition coefficient (Wildman–Crippen LogP) is 3.42. The Kier molecular flexibility index (Phi) is 4.81. The molecule has 0 aliphatic heterocycles. The number of hydrogen-bond acceptors (Lipinski definition) is 4. The van der Waals surface area contributed by atoms with E-state index in [0.29, 0.717) is 22.1 Å². The second kappa shape index (κ2) is 6.62. The molecule has 2 heterocycles. The Labute approximate surface area is 138 Å². The molecule has 0 amide bonds. The average molecular weight is 332 g/mol. The Balaban J connectivity index is 0.00000192. The minimum Gasteiger partial charge on any atom is -0.481 e. The zero-order chi connectivity index (χ0) is 15.7. The predicted molar refractivity (Wildman–Crippen MR) is 87.2 cm³/mol. The number of carboxylic acid groups (broad SMARTS) is 1. The number of furan rings is 1. The summed E-state index contributed by atoms with van der Waals surface area (Å²) in [5.41, 5.74) is 2.49. The standard InChI is InChI=1S/C17H13NO4.ClH/c1-10-6-12(4-5-18-10)17(21)15-9-13-7-11(8-16(19)20)2-3-14(13)22-15;/h2-7,9H,8H2,1H3,(H,19,20);1H. The Morgan fingerprint density at radius 3 is 2.65 bits per heavy atom. The van der Waals surface area contributed by atoms with Gasteiger partial charge >= 0.3 is 5.97 Å². The summed E-state index contributed by atoms with van der Waals surface area (Å²) in [6.45, 7) is 1.81. The number of nitrogens with zero attached hydrogens (tertiary/aromatic N) is 1. The first kappa shape index (κ1) is 16.7. The molecular formula is C17H14ClNO4. The van der Waals surface area contributed by atoms with Gasteiger partial charge in [-0.05, 0) is 42.8 Å². The van der Waals surface area contributed by atoms with Gasteiger partial charge in [-0.1, -0.05) is 6.07 Å². The van der Waals surface area contributed by atoms with E-state index in [4.69, 9.17) is 9.52 Å². The first-order valence-electron chi connectivity index (χ1n) is 6.74. The van der Waals surface area contributed by atoms with Crippen molar-refractivity contribution >= 4 is 35.1 Å². The number of carbonyl (C=O) groups is 2. The maximum Gasteiger partial charge on any atom is 0.307 e. The van der Waals surface area contributed by atoms with Crippen LogP contribution < -0.4 is 0 Å². The third kappa shape index (κ3) is 3.57. The Bertz CT molecular complexity index is 885. The van der Waals surface area contributed by atoms with E-state index >= 15 is 0 Å². The van der Waals surface area contributed by atoms with Gasteiger partial charge in [0.25, 0.3) is 0 Å². The second-order valence-corrected chi connectivity index (χ2v) is 5.07. The molecule has 118 valence electrons. The van der Waals surface area contributed by atoms with Crippen LogP contribution in [0, 0.1) is 6.92 Å². The van der Waals surface area contributed by atoms with Crippen molar-refractivity contribution in [3.05, 3.63) is 65.2 Å². The monoisotopic (exact) mass is 331 g/mol.